The molecule has 0 aliphatic rings. The van der Waals surface area contributed by atoms with Crippen molar-refractivity contribution in [3.63, 3.8) is 0 Å². The second-order valence-corrected chi connectivity index (χ2v) is 5.50. The normalized spacial score (nSPS) is 10.8. The van der Waals surface area contributed by atoms with Gasteiger partial charge in [-0.2, -0.15) is 0 Å². The number of ether oxygens (including phenoxy) is 2. The molecule has 4 nitrogen and oxygen atoms in total. The topological polar surface area (TPSA) is 52.6 Å². The van der Waals surface area contributed by atoms with E-state index in [0.29, 0.717) is 5.56 Å². The van der Waals surface area contributed by atoms with Crippen LogP contribution in [-0.2, 0) is 20.9 Å². The van der Waals surface area contributed by atoms with Gasteiger partial charge in [0.1, 0.15) is 6.61 Å². The third-order valence-electron chi connectivity index (χ3n) is 3.12. The first-order valence-electron chi connectivity index (χ1n) is 7.74. The van der Waals surface area contributed by atoms with Gasteiger partial charge in [-0.05, 0) is 43.2 Å². The molecular formula is C20H20O4. The molecule has 4 heteroatoms. The summed E-state index contributed by atoms with van der Waals surface area (Å²) in [5.74, 6) is -0.776. The highest BCUT2D eigenvalue weighted by Gasteiger charge is 2.09. The van der Waals surface area contributed by atoms with E-state index >= 15 is 0 Å². The maximum absolute atomic E-state index is 11.7. The van der Waals surface area contributed by atoms with Crippen LogP contribution in [0.5, 0.6) is 0 Å². The summed E-state index contributed by atoms with van der Waals surface area (Å²) < 4.78 is 10.3. The Labute approximate surface area is 141 Å². The van der Waals surface area contributed by atoms with E-state index in [0.717, 1.165) is 11.1 Å². The Morgan fingerprint density at radius 3 is 2.29 bits per heavy atom. The zero-order valence-electron chi connectivity index (χ0n) is 13.8. The molecule has 2 aromatic carbocycles. The maximum Gasteiger partial charge on any atom is 0.338 e. The van der Waals surface area contributed by atoms with Crippen molar-refractivity contribution in [1.29, 1.82) is 0 Å². The lowest BCUT2D eigenvalue weighted by molar-refractivity contribution is -0.138. The van der Waals surface area contributed by atoms with Gasteiger partial charge in [0, 0.05) is 6.08 Å². The van der Waals surface area contributed by atoms with Crippen molar-refractivity contribution in [2.45, 2.75) is 26.6 Å². The van der Waals surface area contributed by atoms with Crippen LogP contribution in [0.4, 0.5) is 0 Å². The van der Waals surface area contributed by atoms with Crippen LogP contribution in [-0.4, -0.2) is 18.0 Å². The largest absolute Gasteiger partial charge is 0.459 e. The van der Waals surface area contributed by atoms with Gasteiger partial charge in [-0.3, -0.25) is 0 Å². The van der Waals surface area contributed by atoms with Gasteiger partial charge in [0.2, 0.25) is 0 Å². The molecule has 0 atom stereocenters. The lowest BCUT2D eigenvalue weighted by atomic mass is 10.1. The minimum absolute atomic E-state index is 0.150. The second-order valence-electron chi connectivity index (χ2n) is 5.50. The molecule has 0 spiro atoms. The third-order valence-corrected chi connectivity index (χ3v) is 3.12. The van der Waals surface area contributed by atoms with Crippen LogP contribution in [0.2, 0.25) is 0 Å². The van der Waals surface area contributed by atoms with E-state index < -0.39 is 5.97 Å². The van der Waals surface area contributed by atoms with Crippen LogP contribution in [0.25, 0.3) is 6.08 Å². The molecule has 2 aromatic rings. The van der Waals surface area contributed by atoms with Gasteiger partial charge in [-0.25, -0.2) is 9.59 Å². The smallest absolute Gasteiger partial charge is 0.338 e. The third kappa shape index (κ3) is 5.72. The number of carbonyl (C=O) groups excluding carboxylic acids is 2. The Hall–Kier alpha value is -2.88. The fourth-order valence-electron chi connectivity index (χ4n) is 1.95. The van der Waals surface area contributed by atoms with Gasteiger partial charge in [-0.15, -0.1) is 0 Å². The van der Waals surface area contributed by atoms with E-state index in [1.165, 1.54) is 6.08 Å². The molecular weight excluding hydrogens is 304 g/mol. The zero-order valence-corrected chi connectivity index (χ0v) is 13.8. The number of hydrogen-bond donors (Lipinski definition) is 0. The van der Waals surface area contributed by atoms with Crippen LogP contribution in [0, 0.1) is 0 Å². The molecule has 0 bridgehead atoms. The first-order valence-corrected chi connectivity index (χ1v) is 7.74. The lowest BCUT2D eigenvalue weighted by Crippen LogP contribution is -2.11. The zero-order chi connectivity index (χ0) is 17.4. The molecule has 0 aromatic heterocycles. The molecule has 0 saturated carbocycles. The number of carbonyl (C=O) groups is 2. The Morgan fingerprint density at radius 1 is 1.00 bits per heavy atom. The van der Waals surface area contributed by atoms with Crippen LogP contribution < -0.4 is 0 Å². The standard InChI is InChI=1S/C20H20O4/c1-15(2)24-20(22)18-11-8-17(9-12-18)14-23-19(21)13-10-16-6-4-3-5-7-16/h3-13,15H,14H2,1-2H3/b13-10+. The van der Waals surface area contributed by atoms with Gasteiger partial charge in [0.15, 0.2) is 0 Å². The monoisotopic (exact) mass is 324 g/mol. The fourth-order valence-corrected chi connectivity index (χ4v) is 1.95. The highest BCUT2D eigenvalue weighted by molar-refractivity contribution is 5.89. The minimum Gasteiger partial charge on any atom is -0.459 e. The summed E-state index contributed by atoms with van der Waals surface area (Å²) >= 11 is 0. The van der Waals surface area contributed by atoms with Crippen LogP contribution in [0.15, 0.2) is 60.7 Å². The Morgan fingerprint density at radius 2 is 1.67 bits per heavy atom. The van der Waals surface area contributed by atoms with Crippen molar-refractivity contribution in [3.05, 3.63) is 77.4 Å². The molecule has 24 heavy (non-hydrogen) atoms. The van der Waals surface area contributed by atoms with Crippen molar-refractivity contribution in [3.8, 4) is 0 Å². The fraction of sp³-hybridized carbons (Fsp3) is 0.200. The summed E-state index contributed by atoms with van der Waals surface area (Å²) in [6.07, 6.45) is 2.94. The van der Waals surface area contributed by atoms with Crippen LogP contribution in [0.1, 0.15) is 35.3 Å². The van der Waals surface area contributed by atoms with Gasteiger partial charge in [0.05, 0.1) is 11.7 Å². The quantitative estimate of drug-likeness (QED) is 0.595. The van der Waals surface area contributed by atoms with E-state index in [4.69, 9.17) is 9.47 Å². The summed E-state index contributed by atoms with van der Waals surface area (Å²) in [7, 11) is 0. The van der Waals surface area contributed by atoms with Gasteiger partial charge < -0.3 is 9.47 Å². The SMILES string of the molecule is CC(C)OC(=O)c1ccc(COC(=O)/C=C/c2ccccc2)cc1. The van der Waals surface area contributed by atoms with Crippen LogP contribution in [0.3, 0.4) is 0 Å². The van der Waals surface area contributed by atoms with E-state index in [1.807, 2.05) is 30.3 Å². The highest BCUT2D eigenvalue weighted by atomic mass is 16.5. The molecule has 2 rings (SSSR count). The number of rotatable bonds is 6. The molecule has 0 heterocycles. The molecule has 124 valence electrons. The van der Waals surface area contributed by atoms with Gasteiger partial charge in [-0.1, -0.05) is 42.5 Å². The average Bonchev–Trinajstić information content (AvgIpc) is 2.59. The number of benzene rings is 2. The summed E-state index contributed by atoms with van der Waals surface area (Å²) in [5.41, 5.74) is 2.21. The van der Waals surface area contributed by atoms with Crippen molar-refractivity contribution >= 4 is 18.0 Å². The molecule has 0 unspecified atom stereocenters. The molecule has 0 fully saturated rings. The van der Waals surface area contributed by atoms with Crippen molar-refractivity contribution in [2.75, 3.05) is 0 Å². The van der Waals surface area contributed by atoms with E-state index in [9.17, 15) is 9.59 Å². The van der Waals surface area contributed by atoms with Gasteiger partial charge in [0.25, 0.3) is 0 Å². The van der Waals surface area contributed by atoms with Gasteiger partial charge >= 0.3 is 11.9 Å². The predicted molar refractivity (Wildman–Crippen MR) is 92.3 cm³/mol. The molecule has 0 saturated heterocycles. The summed E-state index contributed by atoms with van der Waals surface area (Å²) in [5, 5.41) is 0. The molecule has 0 radical (unpaired) electrons. The first kappa shape index (κ1) is 17.5. The first-order chi connectivity index (χ1) is 11.5. The number of hydrogen-bond acceptors (Lipinski definition) is 4. The van der Waals surface area contributed by atoms with Crippen molar-refractivity contribution < 1.29 is 19.1 Å². The molecule has 0 amide bonds. The molecule has 0 N–H and O–H groups in total. The minimum atomic E-state index is -0.415. The average molecular weight is 324 g/mol. The highest BCUT2D eigenvalue weighted by Crippen LogP contribution is 2.09. The predicted octanol–water partition coefficient (Wildman–Crippen LogP) is 4.01. The van der Waals surface area contributed by atoms with E-state index in [2.05, 4.69) is 0 Å². The van der Waals surface area contributed by atoms with Crippen LogP contribution >= 0.6 is 0 Å². The summed E-state index contributed by atoms with van der Waals surface area (Å²) in [6, 6.07) is 16.3. The molecule has 0 aliphatic carbocycles. The van der Waals surface area contributed by atoms with E-state index in [-0.39, 0.29) is 18.7 Å². The van der Waals surface area contributed by atoms with E-state index in [1.54, 1.807) is 44.2 Å². The number of esters is 2. The maximum atomic E-state index is 11.7. The Bertz CT molecular complexity index is 700. The molecule has 0 aliphatic heterocycles. The summed E-state index contributed by atoms with van der Waals surface area (Å²) in [6.45, 7) is 3.75. The Kier molecular flexibility index (Phi) is 6.32. The Balaban J connectivity index is 1.84. The lowest BCUT2D eigenvalue weighted by Gasteiger charge is -2.08. The second kappa shape index (κ2) is 8.67. The summed E-state index contributed by atoms with van der Waals surface area (Å²) in [4.78, 5) is 23.4. The van der Waals surface area contributed by atoms with Crippen molar-refractivity contribution in [1.82, 2.24) is 0 Å². The van der Waals surface area contributed by atoms with Crippen molar-refractivity contribution in [2.24, 2.45) is 0 Å².